The molecule has 69 heavy (non-hydrogen) atoms. The van der Waals surface area contributed by atoms with E-state index in [0.717, 1.165) is 29.8 Å². The van der Waals surface area contributed by atoms with Gasteiger partial charge in [0.15, 0.2) is 0 Å². The second-order valence-electron chi connectivity index (χ2n) is 18.8. The fourth-order valence-electron chi connectivity index (χ4n) is 7.47. The summed E-state index contributed by atoms with van der Waals surface area (Å²) in [5, 5.41) is 31.3. The minimum absolute atomic E-state index is 0.0427. The zero-order valence-corrected chi connectivity index (χ0v) is 41.6. The summed E-state index contributed by atoms with van der Waals surface area (Å²) in [6, 6.07) is 3.82. The lowest BCUT2D eigenvalue weighted by molar-refractivity contribution is -0.155. The normalized spacial score (nSPS) is 15.8. The van der Waals surface area contributed by atoms with Gasteiger partial charge in [-0.1, -0.05) is 39.0 Å². The number of hydrogen-bond donors (Lipinski definition) is 6. The van der Waals surface area contributed by atoms with Crippen LogP contribution < -0.4 is 21.3 Å². The van der Waals surface area contributed by atoms with Crippen molar-refractivity contribution in [2.24, 2.45) is 5.92 Å². The van der Waals surface area contributed by atoms with Gasteiger partial charge in [0.25, 0.3) is 17.7 Å². The van der Waals surface area contributed by atoms with Crippen LogP contribution in [0, 0.1) is 5.92 Å². The smallest absolute Gasteiger partial charge is 0.410 e. The predicted molar refractivity (Wildman–Crippen MR) is 258 cm³/mol. The molecule has 1 aromatic carbocycles. The Bertz CT molecular complexity index is 1930. The van der Waals surface area contributed by atoms with Gasteiger partial charge in [-0.2, -0.15) is 0 Å². The van der Waals surface area contributed by atoms with E-state index in [2.05, 4.69) is 32.7 Å². The van der Waals surface area contributed by atoms with Crippen molar-refractivity contribution in [2.75, 3.05) is 64.3 Å². The van der Waals surface area contributed by atoms with Crippen LogP contribution in [-0.4, -0.2) is 166 Å². The molecule has 1 fully saturated rings. The Kier molecular flexibility index (Phi) is 23.8. The molecule has 0 aromatic heterocycles. The van der Waals surface area contributed by atoms with E-state index in [1.807, 2.05) is 6.92 Å². The Hall–Kier alpha value is -5.86. The Morgan fingerprint density at radius 3 is 2.06 bits per heavy atom. The van der Waals surface area contributed by atoms with Gasteiger partial charge in [-0.25, -0.2) is 4.79 Å². The van der Waals surface area contributed by atoms with Crippen molar-refractivity contribution in [1.82, 2.24) is 35.6 Å². The van der Waals surface area contributed by atoms with E-state index in [1.54, 1.807) is 75.6 Å². The lowest BCUT2D eigenvalue weighted by Crippen LogP contribution is -2.58. The summed E-state index contributed by atoms with van der Waals surface area (Å²) in [6.07, 6.45) is 3.68. The molecule has 1 saturated heterocycles. The molecular weight excluding hydrogens is 893 g/mol. The molecule has 7 amide bonds. The number of rotatable bonds is 28. The van der Waals surface area contributed by atoms with Crippen molar-refractivity contribution in [3.05, 3.63) is 54.1 Å². The Morgan fingerprint density at radius 1 is 0.826 bits per heavy atom. The summed E-state index contributed by atoms with van der Waals surface area (Å²) in [5.74, 6) is -3.67. The van der Waals surface area contributed by atoms with Crippen molar-refractivity contribution in [3.63, 3.8) is 0 Å². The average Bonchev–Trinajstić information content (AvgIpc) is 3.62. The molecule has 4 atom stereocenters. The molecule has 2 aliphatic heterocycles. The first-order valence-electron chi connectivity index (χ1n) is 24.0. The van der Waals surface area contributed by atoms with Crippen LogP contribution in [0.1, 0.15) is 105 Å². The highest BCUT2D eigenvalue weighted by atomic mass is 16.6. The molecule has 1 unspecified atom stereocenters. The monoisotopic (exact) mass is 969 g/mol. The highest BCUT2D eigenvalue weighted by Gasteiger charge is 2.32. The van der Waals surface area contributed by atoms with Crippen molar-refractivity contribution < 1.29 is 58.0 Å². The Labute approximate surface area is 406 Å². The first-order valence-corrected chi connectivity index (χ1v) is 24.0. The fraction of sp³-hybridized carbons (Fsp3) is 0.633. The molecule has 0 spiro atoms. The Morgan fingerprint density at radius 2 is 1.46 bits per heavy atom. The number of nitrogens with one attached hydrogen (secondary N) is 4. The number of hydrogen-bond acceptors (Lipinski definition) is 14. The van der Waals surface area contributed by atoms with E-state index >= 15 is 0 Å². The molecule has 2 aliphatic rings. The first-order chi connectivity index (χ1) is 32.6. The topological polar surface area (TPSA) is 257 Å². The molecule has 0 bridgehead atoms. The number of esters is 1. The quantitative estimate of drug-likeness (QED) is 0.0232. The fourth-order valence-corrected chi connectivity index (χ4v) is 7.47. The number of anilines is 1. The van der Waals surface area contributed by atoms with E-state index in [-0.39, 0.29) is 62.3 Å². The van der Waals surface area contributed by atoms with E-state index in [4.69, 9.17) is 9.47 Å². The molecule has 2 heterocycles. The number of nitrogens with zero attached hydrogens (tertiary/aromatic N) is 4. The number of aliphatic hydroxyl groups excluding tert-OH is 2. The summed E-state index contributed by atoms with van der Waals surface area (Å²) >= 11 is 0. The third-order valence-electron chi connectivity index (χ3n) is 11.6. The van der Waals surface area contributed by atoms with Gasteiger partial charge < -0.3 is 50.8 Å². The highest BCUT2D eigenvalue weighted by Crippen LogP contribution is 2.16. The number of piperazine rings is 1. The molecule has 20 heteroatoms. The van der Waals surface area contributed by atoms with Crippen LogP contribution in [0.4, 0.5) is 10.5 Å². The van der Waals surface area contributed by atoms with Crippen LogP contribution in [-0.2, 0) is 49.6 Å². The number of unbranched alkanes of at least 4 members (excludes halogenated alkanes) is 3. The molecule has 1 aromatic rings. The lowest BCUT2D eigenvalue weighted by Gasteiger charge is -2.34. The maximum absolute atomic E-state index is 13.7. The zero-order valence-electron chi connectivity index (χ0n) is 41.6. The standard InChI is InChI=1S/C49H76N8O12/c1-9-55(47(66)34(4)31-58)25-14-13-24-54-27-29-56(30-28-54)48(67)68-32-36-16-18-37(19-17-36)51-44(63)35(5)50-46(65)43(33(2)3)53-45(64)38(20-23-42(62)69-49(6,7)8)52-39(59)15-11-10-12-26-57-40(60)21-22-41(57)61/h16-19,21-22,33,35,38,43-44,51,58,63H,4,9-15,20,23-32H2,1-3,5-8H3,(H,50,65)(H,52,59)(H,53,64)/t35-,38-,43-,44?/m0/s1. The molecule has 384 valence electrons. The minimum Gasteiger partial charge on any atom is -0.460 e. The number of ether oxygens (including phenoxy) is 2. The van der Waals surface area contributed by atoms with Crippen molar-refractivity contribution in [2.45, 2.75) is 136 Å². The van der Waals surface area contributed by atoms with Crippen molar-refractivity contribution in [1.29, 1.82) is 0 Å². The van der Waals surface area contributed by atoms with Crippen LogP contribution in [0.2, 0.25) is 0 Å². The van der Waals surface area contributed by atoms with Gasteiger partial charge in [-0.3, -0.25) is 43.4 Å². The molecule has 3 rings (SSSR count). The van der Waals surface area contributed by atoms with E-state index < -0.39 is 65.7 Å². The van der Waals surface area contributed by atoms with Gasteiger partial charge in [-0.05, 0) is 96.9 Å². The molecule has 0 radical (unpaired) electrons. The maximum Gasteiger partial charge on any atom is 0.410 e. The minimum atomic E-state index is -1.25. The number of likely N-dealkylation sites (N-methyl/N-ethyl adjacent to an activating group) is 1. The summed E-state index contributed by atoms with van der Waals surface area (Å²) in [5.41, 5.74) is 0.682. The third kappa shape index (κ3) is 20.3. The third-order valence-corrected chi connectivity index (χ3v) is 11.6. The van der Waals surface area contributed by atoms with Crippen LogP contribution in [0.3, 0.4) is 0 Å². The SMILES string of the molecule is C=C(CO)C(=O)N(CC)CCCCN1CCN(C(=O)OCc2ccc(NC(O)[C@H](C)NC(=O)[C@@H](NC(=O)[C@H](CCC(=O)OC(C)(C)C)NC(=O)CCCCCN3C(=O)C=CC3=O)C(C)C)cc2)CC1. The average molecular weight is 969 g/mol. The highest BCUT2D eigenvalue weighted by molar-refractivity contribution is 6.12. The number of imide groups is 1. The second-order valence-corrected chi connectivity index (χ2v) is 18.8. The summed E-state index contributed by atoms with van der Waals surface area (Å²) in [6.45, 7) is 20.1. The first kappa shape index (κ1) is 57.5. The van der Waals surface area contributed by atoms with Gasteiger partial charge in [0, 0.05) is 82.1 Å². The summed E-state index contributed by atoms with van der Waals surface area (Å²) < 4.78 is 11.0. The van der Waals surface area contributed by atoms with Gasteiger partial charge in [0.05, 0.1) is 12.6 Å². The van der Waals surface area contributed by atoms with Gasteiger partial charge in [0.2, 0.25) is 17.7 Å². The zero-order chi connectivity index (χ0) is 51.3. The lowest BCUT2D eigenvalue weighted by atomic mass is 10.0. The second kappa shape index (κ2) is 28.6. The van der Waals surface area contributed by atoms with Crippen molar-refractivity contribution in [3.8, 4) is 0 Å². The van der Waals surface area contributed by atoms with Gasteiger partial charge in [-0.15, -0.1) is 0 Å². The van der Waals surface area contributed by atoms with Gasteiger partial charge >= 0.3 is 12.1 Å². The van der Waals surface area contributed by atoms with Crippen molar-refractivity contribution >= 4 is 53.2 Å². The Balaban J connectivity index is 1.45. The number of aliphatic hydroxyl groups is 2. The molecule has 6 N–H and O–H groups in total. The van der Waals surface area contributed by atoms with E-state index in [0.29, 0.717) is 64.2 Å². The summed E-state index contributed by atoms with van der Waals surface area (Å²) in [4.78, 5) is 108. The molecule has 0 aliphatic carbocycles. The number of amides is 7. The predicted octanol–water partition coefficient (Wildman–Crippen LogP) is 2.59. The van der Waals surface area contributed by atoms with Gasteiger partial charge in [0.1, 0.15) is 30.5 Å². The van der Waals surface area contributed by atoms with Crippen LogP contribution in [0.25, 0.3) is 0 Å². The van der Waals surface area contributed by atoms with Crippen LogP contribution in [0.5, 0.6) is 0 Å². The largest absolute Gasteiger partial charge is 0.460 e. The summed E-state index contributed by atoms with van der Waals surface area (Å²) in [7, 11) is 0. The molecule has 0 saturated carbocycles. The number of carbonyl (C=O) groups is 8. The van der Waals surface area contributed by atoms with Crippen LogP contribution in [0.15, 0.2) is 48.6 Å². The maximum atomic E-state index is 13.7. The number of carbonyl (C=O) groups excluding carboxylic acids is 8. The van der Waals surface area contributed by atoms with E-state index in [9.17, 15) is 48.6 Å². The number of benzene rings is 1. The van der Waals surface area contributed by atoms with Crippen LogP contribution >= 0.6 is 0 Å². The molecule has 20 nitrogen and oxygen atoms in total. The molecular formula is C49H76N8O12. The van der Waals surface area contributed by atoms with E-state index in [1.165, 1.54) is 12.2 Å².